The summed E-state index contributed by atoms with van der Waals surface area (Å²) in [5.41, 5.74) is 4.68. The number of pyridine rings is 1. The first-order valence-electron chi connectivity index (χ1n) is 12.7. The molecule has 3 aromatic carbocycles. The number of anilines is 1. The monoisotopic (exact) mass is 585 g/mol. The Kier molecular flexibility index (Phi) is 8.53. The fraction of sp³-hybridized carbons (Fsp3) is 0.167. The molecule has 0 aliphatic carbocycles. The van der Waals surface area contributed by atoms with Crippen molar-refractivity contribution in [1.29, 1.82) is 0 Å². The van der Waals surface area contributed by atoms with E-state index in [0.29, 0.717) is 45.4 Å². The highest BCUT2D eigenvalue weighted by Gasteiger charge is 2.18. The van der Waals surface area contributed by atoms with Gasteiger partial charge in [0.15, 0.2) is 11.5 Å². The number of carbonyl (C=O) groups is 1. The molecule has 11 nitrogen and oxygen atoms in total. The molecular weight excluding hydrogens is 558 g/mol. The Morgan fingerprint density at radius 1 is 0.952 bits per heavy atom. The molecule has 5 aromatic rings. The van der Waals surface area contributed by atoms with E-state index in [4.69, 9.17) is 28.8 Å². The van der Waals surface area contributed by atoms with Crippen molar-refractivity contribution in [1.82, 2.24) is 15.2 Å². The lowest BCUT2D eigenvalue weighted by atomic mass is 10.0. The third-order valence-electron chi connectivity index (χ3n) is 6.40. The molecule has 12 heteroatoms. The topological polar surface area (TPSA) is 141 Å². The summed E-state index contributed by atoms with van der Waals surface area (Å²) in [7, 11) is 4.76. The molecule has 0 bridgehead atoms. The van der Waals surface area contributed by atoms with Gasteiger partial charge in [-0.15, -0.1) is 10.2 Å². The largest absolute Gasteiger partial charge is 0.497 e. The zero-order valence-electron chi connectivity index (χ0n) is 23.2. The molecule has 0 aliphatic heterocycles. The third-order valence-corrected chi connectivity index (χ3v) is 7.21. The molecule has 0 fully saturated rings. The number of hydrogen-bond donors (Lipinski definition) is 2. The second-order valence-corrected chi connectivity index (χ2v) is 9.91. The minimum atomic E-state index is -0.241. The van der Waals surface area contributed by atoms with E-state index >= 15 is 0 Å². The predicted molar refractivity (Wildman–Crippen MR) is 160 cm³/mol. The Bertz CT molecular complexity index is 1770. The minimum Gasteiger partial charge on any atom is -0.497 e. The summed E-state index contributed by atoms with van der Waals surface area (Å²) in [6, 6.07) is 20.0. The number of aromatic nitrogens is 3. The van der Waals surface area contributed by atoms with Crippen LogP contribution in [-0.2, 0) is 4.79 Å². The quantitative estimate of drug-likeness (QED) is 0.0880. The summed E-state index contributed by atoms with van der Waals surface area (Å²) >= 11 is 1.12. The molecule has 0 spiro atoms. The van der Waals surface area contributed by atoms with Gasteiger partial charge in [0.2, 0.25) is 11.8 Å². The molecule has 0 aliphatic rings. The number of fused-ring (bicyclic) bond motifs is 1. The van der Waals surface area contributed by atoms with Gasteiger partial charge in [0.05, 0.1) is 49.6 Å². The van der Waals surface area contributed by atoms with E-state index in [0.717, 1.165) is 28.3 Å². The number of amides is 1. The molecule has 1 amide bonds. The normalized spacial score (nSPS) is 11.4. The van der Waals surface area contributed by atoms with Crippen LogP contribution in [0.4, 0.5) is 5.69 Å². The third kappa shape index (κ3) is 6.13. The maximum Gasteiger partial charge on any atom is 0.277 e. The zero-order valence-corrected chi connectivity index (χ0v) is 24.1. The van der Waals surface area contributed by atoms with Gasteiger partial charge >= 0.3 is 0 Å². The lowest BCUT2D eigenvalue weighted by molar-refractivity contribution is -0.113. The van der Waals surface area contributed by atoms with Crippen LogP contribution < -0.4 is 19.5 Å². The van der Waals surface area contributed by atoms with Crippen LogP contribution in [0.3, 0.4) is 0 Å². The van der Waals surface area contributed by atoms with Crippen LogP contribution in [-0.4, -0.2) is 59.1 Å². The van der Waals surface area contributed by atoms with Crippen LogP contribution in [0.1, 0.15) is 12.5 Å². The number of hydrogen-bond acceptors (Lipinski definition) is 11. The van der Waals surface area contributed by atoms with Gasteiger partial charge in [0.25, 0.3) is 5.22 Å². The Morgan fingerprint density at radius 2 is 1.74 bits per heavy atom. The fourth-order valence-corrected chi connectivity index (χ4v) is 4.77. The number of thioether (sulfide) groups is 1. The number of benzene rings is 3. The van der Waals surface area contributed by atoms with Gasteiger partial charge in [-0.2, -0.15) is 0 Å². The highest BCUT2D eigenvalue weighted by atomic mass is 32.2. The first kappa shape index (κ1) is 28.4. The van der Waals surface area contributed by atoms with E-state index in [1.807, 2.05) is 42.5 Å². The van der Waals surface area contributed by atoms with Crippen molar-refractivity contribution >= 4 is 40.0 Å². The lowest BCUT2D eigenvalue weighted by Crippen LogP contribution is -2.14. The van der Waals surface area contributed by atoms with Gasteiger partial charge in [-0.05, 0) is 67.1 Å². The SMILES string of the molecule is COc1ccc2nc(-c3ccc(OC)c(OC)c3)cc(-c3nnc(SCC(=O)Nc4ccc(/C(C)=N\O)cc4)o3)c2c1. The number of nitrogens with one attached hydrogen (secondary N) is 1. The van der Waals surface area contributed by atoms with E-state index in [-0.39, 0.29) is 22.8 Å². The van der Waals surface area contributed by atoms with Crippen LogP contribution in [0.5, 0.6) is 17.2 Å². The highest BCUT2D eigenvalue weighted by Crippen LogP contribution is 2.37. The maximum absolute atomic E-state index is 12.6. The molecule has 0 unspecified atom stereocenters. The van der Waals surface area contributed by atoms with Gasteiger partial charge in [-0.1, -0.05) is 29.1 Å². The molecule has 214 valence electrons. The second-order valence-electron chi connectivity index (χ2n) is 8.98. The van der Waals surface area contributed by atoms with E-state index in [1.165, 1.54) is 0 Å². The first-order valence-corrected chi connectivity index (χ1v) is 13.7. The maximum atomic E-state index is 12.6. The molecule has 0 saturated carbocycles. The molecule has 0 radical (unpaired) electrons. The molecule has 2 N–H and O–H groups in total. The Balaban J connectivity index is 1.39. The van der Waals surface area contributed by atoms with E-state index in [1.54, 1.807) is 52.5 Å². The van der Waals surface area contributed by atoms with Crippen LogP contribution in [0.2, 0.25) is 0 Å². The van der Waals surface area contributed by atoms with Gasteiger partial charge in [-0.25, -0.2) is 4.98 Å². The van der Waals surface area contributed by atoms with Gasteiger partial charge in [0, 0.05) is 16.6 Å². The lowest BCUT2D eigenvalue weighted by Gasteiger charge is -2.12. The number of rotatable bonds is 10. The number of nitrogens with zero attached hydrogens (tertiary/aromatic N) is 4. The second kappa shape index (κ2) is 12.6. The van der Waals surface area contributed by atoms with Crippen molar-refractivity contribution in [2.45, 2.75) is 12.1 Å². The van der Waals surface area contributed by atoms with Gasteiger partial charge in [-0.3, -0.25) is 4.79 Å². The van der Waals surface area contributed by atoms with E-state index in [2.05, 4.69) is 20.7 Å². The van der Waals surface area contributed by atoms with Crippen LogP contribution >= 0.6 is 11.8 Å². The van der Waals surface area contributed by atoms with Gasteiger partial charge < -0.3 is 29.2 Å². The first-order chi connectivity index (χ1) is 20.4. The number of ether oxygens (including phenoxy) is 3. The Morgan fingerprint density at radius 3 is 2.45 bits per heavy atom. The fourth-order valence-electron chi connectivity index (χ4n) is 4.21. The number of carbonyl (C=O) groups excluding carboxylic acids is 1. The Labute approximate surface area is 245 Å². The van der Waals surface area contributed by atoms with Gasteiger partial charge in [0.1, 0.15) is 5.75 Å². The van der Waals surface area contributed by atoms with Crippen LogP contribution in [0.25, 0.3) is 33.6 Å². The summed E-state index contributed by atoms with van der Waals surface area (Å²) in [5.74, 6) is 1.93. The van der Waals surface area contributed by atoms with E-state index in [9.17, 15) is 4.79 Å². The van der Waals surface area contributed by atoms with Crippen molar-refractivity contribution in [2.75, 3.05) is 32.4 Å². The Hall–Kier alpha value is -5.10. The number of oxime groups is 1. The molecule has 2 heterocycles. The summed E-state index contributed by atoms with van der Waals surface area (Å²) in [4.78, 5) is 17.4. The standard InChI is InChI=1S/C30H27N5O6S/c1-17(35-37)18-5-8-20(9-6-18)31-28(36)16-42-30-34-33-29(41-30)23-15-25(19-7-12-26(39-3)27(13-19)40-4)32-24-11-10-21(38-2)14-22(23)24/h5-15,37H,16H2,1-4H3,(H,31,36)/b35-17-. The summed E-state index contributed by atoms with van der Waals surface area (Å²) in [6.45, 7) is 1.69. The zero-order chi connectivity index (χ0) is 29.6. The van der Waals surface area contributed by atoms with Crippen molar-refractivity contribution in [2.24, 2.45) is 5.16 Å². The molecular formula is C30H27N5O6S. The molecule has 2 aromatic heterocycles. The average Bonchev–Trinajstić information content (AvgIpc) is 3.51. The van der Waals surface area contributed by atoms with Crippen molar-refractivity contribution in [3.63, 3.8) is 0 Å². The summed E-state index contributed by atoms with van der Waals surface area (Å²) in [5, 5.41) is 24.3. The summed E-state index contributed by atoms with van der Waals surface area (Å²) < 4.78 is 22.3. The van der Waals surface area contributed by atoms with Crippen molar-refractivity contribution in [3.05, 3.63) is 72.3 Å². The summed E-state index contributed by atoms with van der Waals surface area (Å²) in [6.07, 6.45) is 0. The highest BCUT2D eigenvalue weighted by molar-refractivity contribution is 7.99. The van der Waals surface area contributed by atoms with E-state index < -0.39 is 0 Å². The average molecular weight is 586 g/mol. The van der Waals surface area contributed by atoms with Crippen LogP contribution in [0, 0.1) is 0 Å². The van der Waals surface area contributed by atoms with Crippen molar-refractivity contribution in [3.8, 4) is 40.0 Å². The van der Waals surface area contributed by atoms with Crippen molar-refractivity contribution < 1.29 is 28.6 Å². The number of methoxy groups -OCH3 is 3. The van der Waals surface area contributed by atoms with Crippen LogP contribution in [0.15, 0.2) is 81.5 Å². The minimum absolute atomic E-state index is 0.0579. The molecule has 0 saturated heterocycles. The predicted octanol–water partition coefficient (Wildman–Crippen LogP) is 5.91. The molecule has 0 atom stereocenters. The molecule has 5 rings (SSSR count). The smallest absolute Gasteiger partial charge is 0.277 e. The molecule has 42 heavy (non-hydrogen) atoms.